The molecular weight excluding hydrogens is 791 g/mol. The van der Waals surface area contributed by atoms with Crippen LogP contribution in [0, 0.1) is 24.4 Å². The lowest BCUT2D eigenvalue weighted by Gasteiger charge is -2.20. The van der Waals surface area contributed by atoms with Crippen LogP contribution in [0.25, 0.3) is 0 Å². The topological polar surface area (TPSA) is 225 Å². The number of ether oxygens (including phenoxy) is 5. The summed E-state index contributed by atoms with van der Waals surface area (Å²) < 4.78 is 67.3. The number of halogens is 3. The molecule has 1 aromatic carbocycles. The average Bonchev–Trinajstić information content (AvgIpc) is 3.71. The Labute approximate surface area is 337 Å². The van der Waals surface area contributed by atoms with Crippen LogP contribution in [0.5, 0.6) is 5.75 Å². The molecule has 3 rings (SSSR count). The van der Waals surface area contributed by atoms with Crippen molar-refractivity contribution in [3.8, 4) is 5.75 Å². The number of carbonyl (C=O) groups is 8. The lowest BCUT2D eigenvalue weighted by Crippen LogP contribution is -2.48. The van der Waals surface area contributed by atoms with Crippen LogP contribution in [0.1, 0.15) is 44.1 Å². The highest BCUT2D eigenvalue weighted by Crippen LogP contribution is 2.27. The van der Waals surface area contributed by atoms with E-state index in [4.69, 9.17) is 18.9 Å². The van der Waals surface area contributed by atoms with Crippen molar-refractivity contribution in [3.63, 3.8) is 0 Å². The first-order chi connectivity index (χ1) is 28.3. The lowest BCUT2D eigenvalue weighted by atomic mass is 10.1. The zero-order valence-electron chi connectivity index (χ0n) is 32.5. The van der Waals surface area contributed by atoms with E-state index in [9.17, 15) is 51.5 Å². The Bertz CT molecular complexity index is 1680. The van der Waals surface area contributed by atoms with Gasteiger partial charge in [-0.15, -0.1) is 0 Å². The van der Waals surface area contributed by atoms with E-state index in [0.717, 1.165) is 34.1 Å². The van der Waals surface area contributed by atoms with Crippen molar-refractivity contribution >= 4 is 47.3 Å². The second-order valence-electron chi connectivity index (χ2n) is 12.9. The van der Waals surface area contributed by atoms with Crippen molar-refractivity contribution in [1.82, 2.24) is 25.8 Å². The average molecular weight is 840 g/mol. The molecule has 0 bridgehead atoms. The van der Waals surface area contributed by atoms with Crippen LogP contribution in [-0.2, 0) is 57.3 Å². The molecule has 0 unspecified atom stereocenters. The van der Waals surface area contributed by atoms with Crippen molar-refractivity contribution < 1.29 is 75.2 Å². The van der Waals surface area contributed by atoms with Crippen molar-refractivity contribution in [2.75, 3.05) is 79.0 Å². The van der Waals surface area contributed by atoms with Crippen molar-refractivity contribution in [1.29, 1.82) is 0 Å². The van der Waals surface area contributed by atoms with Crippen LogP contribution in [-0.4, -0.2) is 142 Å². The Morgan fingerprint density at radius 3 is 1.69 bits per heavy atom. The predicted octanol–water partition coefficient (Wildman–Crippen LogP) is 0.292. The van der Waals surface area contributed by atoms with Gasteiger partial charge >= 0.3 is 5.97 Å². The fourth-order valence-electron chi connectivity index (χ4n) is 5.30. The van der Waals surface area contributed by atoms with E-state index >= 15 is 0 Å². The minimum absolute atomic E-state index is 0.0503. The second kappa shape index (κ2) is 25.8. The predicted molar refractivity (Wildman–Crippen MR) is 197 cm³/mol. The summed E-state index contributed by atoms with van der Waals surface area (Å²) in [6, 6.07) is -0.303. The first-order valence-corrected chi connectivity index (χ1v) is 18.8. The molecule has 2 heterocycles. The summed E-state index contributed by atoms with van der Waals surface area (Å²) in [6.07, 6.45) is 4.94. The first-order valence-electron chi connectivity index (χ1n) is 18.8. The summed E-state index contributed by atoms with van der Waals surface area (Å²) in [4.78, 5) is 98.4. The van der Waals surface area contributed by atoms with Gasteiger partial charge in [0.1, 0.15) is 6.04 Å². The molecule has 0 aliphatic carbocycles. The van der Waals surface area contributed by atoms with Crippen LogP contribution in [0.15, 0.2) is 30.4 Å². The van der Waals surface area contributed by atoms with Gasteiger partial charge in [-0.1, -0.05) is 0 Å². The number of benzene rings is 1. The smallest absolute Gasteiger partial charge is 0.313 e. The van der Waals surface area contributed by atoms with Gasteiger partial charge in [0.05, 0.1) is 59.3 Å². The molecule has 0 saturated heterocycles. The third-order valence-corrected chi connectivity index (χ3v) is 8.45. The number of hydrogen-bond acceptors (Lipinski definition) is 13. The molecule has 0 saturated carbocycles. The summed E-state index contributed by atoms with van der Waals surface area (Å²) in [5.41, 5.74) is -0.212. The normalized spacial score (nSPS) is 14.0. The number of hydrogen-bond donors (Lipinski definition) is 3. The molecule has 59 heavy (non-hydrogen) atoms. The SMILES string of the molecule is Cc1cc(F)c(F)c(OC(=O)CCOCCOCCOCCOCCNC(=O)[C@H](CCCCNC(=O)CCN2C(=O)C=CC2=O)NC(=O)CCN2C(=O)C=CC2=O)c1F. The molecule has 3 N–H and O–H groups in total. The molecule has 0 radical (unpaired) electrons. The molecule has 7 amide bonds. The van der Waals surface area contributed by atoms with Crippen LogP contribution in [0.4, 0.5) is 13.2 Å². The quantitative estimate of drug-likeness (QED) is 0.0325. The second-order valence-corrected chi connectivity index (χ2v) is 12.9. The molecule has 324 valence electrons. The van der Waals surface area contributed by atoms with Crippen LogP contribution < -0.4 is 20.7 Å². The highest BCUT2D eigenvalue weighted by molar-refractivity contribution is 6.13. The van der Waals surface area contributed by atoms with Gasteiger partial charge in [-0.05, 0) is 37.8 Å². The molecule has 0 fully saturated rings. The Balaban J connectivity index is 1.23. The number of nitrogens with zero attached hydrogens (tertiary/aromatic N) is 2. The standard InChI is InChI=1S/C38H48F3N5O13/c1-25-24-26(39)36(41)37(35(25)40)59-34(53)11-16-55-18-20-57-22-23-58-21-19-56-17-13-43-38(54)27(44-29(48)10-15-46-32(51)7-8-33(46)52)4-2-3-12-42-28(47)9-14-45-30(49)5-6-31(45)50/h5-8,24,27H,2-4,9-23H2,1H3,(H,42,47)(H,43,54)(H,44,48)/t27-/m0/s1. The highest BCUT2D eigenvalue weighted by atomic mass is 19.2. The van der Waals surface area contributed by atoms with Gasteiger partial charge in [0, 0.05) is 63.3 Å². The minimum Gasteiger partial charge on any atom is -0.420 e. The fraction of sp³-hybridized carbons (Fsp3) is 0.526. The number of carbonyl (C=O) groups excluding carboxylic acids is 8. The number of nitrogens with one attached hydrogen (secondary N) is 3. The molecule has 2 aliphatic heterocycles. The number of esters is 1. The van der Waals surface area contributed by atoms with Gasteiger partial charge in [0.15, 0.2) is 11.6 Å². The first kappa shape index (κ1) is 47.9. The van der Waals surface area contributed by atoms with Gasteiger partial charge in [-0.25, -0.2) is 8.78 Å². The number of imide groups is 2. The van der Waals surface area contributed by atoms with Gasteiger partial charge in [0.25, 0.3) is 23.6 Å². The molecule has 2 aliphatic rings. The zero-order chi connectivity index (χ0) is 43.2. The molecule has 1 atom stereocenters. The van der Waals surface area contributed by atoms with Gasteiger partial charge < -0.3 is 39.6 Å². The summed E-state index contributed by atoms with van der Waals surface area (Å²) >= 11 is 0. The molecular formula is C38H48F3N5O13. The Hall–Kier alpha value is -5.51. The van der Waals surface area contributed by atoms with E-state index in [-0.39, 0.29) is 116 Å². The fourth-order valence-corrected chi connectivity index (χ4v) is 5.30. The van der Waals surface area contributed by atoms with E-state index in [1.54, 1.807) is 0 Å². The monoisotopic (exact) mass is 839 g/mol. The zero-order valence-corrected chi connectivity index (χ0v) is 32.5. The van der Waals surface area contributed by atoms with Gasteiger partial charge in [-0.2, -0.15) is 4.39 Å². The van der Waals surface area contributed by atoms with Crippen LogP contribution in [0.3, 0.4) is 0 Å². The van der Waals surface area contributed by atoms with Gasteiger partial charge in [0.2, 0.25) is 29.3 Å². The summed E-state index contributed by atoms with van der Waals surface area (Å²) in [6.45, 7) is 2.52. The largest absolute Gasteiger partial charge is 0.420 e. The number of unbranched alkanes of at least 4 members (excludes halogenated alkanes) is 1. The van der Waals surface area contributed by atoms with E-state index in [1.165, 1.54) is 6.92 Å². The lowest BCUT2D eigenvalue weighted by molar-refractivity contribution is -0.139. The van der Waals surface area contributed by atoms with E-state index < -0.39 is 70.7 Å². The molecule has 0 spiro atoms. The third kappa shape index (κ3) is 17.1. The Morgan fingerprint density at radius 2 is 1.14 bits per heavy atom. The van der Waals surface area contributed by atoms with Crippen molar-refractivity contribution in [3.05, 3.63) is 53.4 Å². The van der Waals surface area contributed by atoms with Crippen molar-refractivity contribution in [2.45, 2.75) is 51.5 Å². The maximum Gasteiger partial charge on any atom is 0.313 e. The molecule has 1 aromatic rings. The third-order valence-electron chi connectivity index (χ3n) is 8.45. The Kier molecular flexibility index (Phi) is 20.9. The maximum absolute atomic E-state index is 14.0. The minimum atomic E-state index is -1.59. The van der Waals surface area contributed by atoms with Crippen LogP contribution >= 0.6 is 0 Å². The summed E-state index contributed by atoms with van der Waals surface area (Å²) in [5.74, 6) is -9.62. The van der Waals surface area contributed by atoms with E-state index in [0.29, 0.717) is 18.9 Å². The summed E-state index contributed by atoms with van der Waals surface area (Å²) in [7, 11) is 0. The number of amides is 7. The van der Waals surface area contributed by atoms with Gasteiger partial charge in [-0.3, -0.25) is 48.2 Å². The summed E-state index contributed by atoms with van der Waals surface area (Å²) in [5, 5.41) is 8.01. The molecule has 0 aromatic heterocycles. The van der Waals surface area contributed by atoms with E-state index in [1.807, 2.05) is 0 Å². The maximum atomic E-state index is 14.0. The highest BCUT2D eigenvalue weighted by Gasteiger charge is 2.26. The number of rotatable bonds is 29. The van der Waals surface area contributed by atoms with E-state index in [2.05, 4.69) is 20.7 Å². The van der Waals surface area contributed by atoms with Crippen LogP contribution in [0.2, 0.25) is 0 Å². The Morgan fingerprint density at radius 1 is 0.627 bits per heavy atom. The van der Waals surface area contributed by atoms with Crippen molar-refractivity contribution in [2.24, 2.45) is 0 Å². The molecule has 21 heteroatoms. The molecule has 18 nitrogen and oxygen atoms in total. The number of aryl methyl sites for hydroxylation is 1.